The van der Waals surface area contributed by atoms with Crippen LogP contribution in [0.15, 0.2) is 179 Å². The number of fused-ring (bicyclic) bond motifs is 4. The van der Waals surface area contributed by atoms with Crippen molar-refractivity contribution >= 4 is 32.7 Å². The Hall–Kier alpha value is -6.12. The average molecular weight is 589 g/mol. The maximum absolute atomic E-state index is 7.06. The van der Waals surface area contributed by atoms with Gasteiger partial charge < -0.3 is 8.83 Å². The first-order chi connectivity index (χ1) is 22.8. The molecule has 0 saturated heterocycles. The maximum Gasteiger partial charge on any atom is 0.143 e. The van der Waals surface area contributed by atoms with Gasteiger partial charge in [-0.2, -0.15) is 0 Å². The molecule has 0 saturated carbocycles. The van der Waals surface area contributed by atoms with E-state index in [1.165, 1.54) is 0 Å². The van der Waals surface area contributed by atoms with Crippen molar-refractivity contribution in [2.75, 3.05) is 0 Å². The molecule has 216 valence electrons. The number of hydrogen-bond acceptors (Lipinski definition) is 2. The van der Waals surface area contributed by atoms with Crippen LogP contribution in [0.2, 0.25) is 0 Å². The van der Waals surface area contributed by atoms with E-state index in [1.54, 1.807) is 0 Å². The van der Waals surface area contributed by atoms with E-state index >= 15 is 0 Å². The topological polar surface area (TPSA) is 26.3 Å². The van der Waals surface area contributed by atoms with Crippen molar-refractivity contribution < 1.29 is 8.83 Å². The molecule has 46 heavy (non-hydrogen) atoms. The van der Waals surface area contributed by atoms with Gasteiger partial charge in [0.1, 0.15) is 22.7 Å². The Morgan fingerprint density at radius 2 is 0.804 bits per heavy atom. The van der Waals surface area contributed by atoms with E-state index in [0.717, 1.165) is 88.7 Å². The van der Waals surface area contributed by atoms with Gasteiger partial charge in [0.05, 0.1) is 0 Å². The number of para-hydroxylation sites is 2. The molecule has 0 unspecified atom stereocenters. The predicted molar refractivity (Wildman–Crippen MR) is 191 cm³/mol. The lowest BCUT2D eigenvalue weighted by Gasteiger charge is -2.12. The maximum atomic E-state index is 7.06. The van der Waals surface area contributed by atoms with Crippen molar-refractivity contribution in [3.63, 3.8) is 0 Å². The summed E-state index contributed by atoms with van der Waals surface area (Å²) >= 11 is 0. The van der Waals surface area contributed by atoms with Crippen molar-refractivity contribution in [2.45, 2.75) is 0 Å². The molecule has 0 bridgehead atoms. The summed E-state index contributed by atoms with van der Waals surface area (Å²) in [7, 11) is 0. The van der Waals surface area contributed by atoms with Crippen molar-refractivity contribution in [3.8, 4) is 56.0 Å². The van der Waals surface area contributed by atoms with Crippen LogP contribution >= 0.6 is 0 Å². The van der Waals surface area contributed by atoms with Crippen molar-refractivity contribution in [1.82, 2.24) is 0 Å². The quantitative estimate of drug-likeness (QED) is 0.200. The van der Waals surface area contributed by atoms with Gasteiger partial charge >= 0.3 is 0 Å². The summed E-state index contributed by atoms with van der Waals surface area (Å²) in [5.41, 5.74) is 10.6. The highest BCUT2D eigenvalue weighted by molar-refractivity contribution is 6.11. The number of rotatable bonds is 5. The minimum atomic E-state index is 0.853. The third-order valence-electron chi connectivity index (χ3n) is 8.94. The zero-order valence-electron chi connectivity index (χ0n) is 25.0. The summed E-state index contributed by atoms with van der Waals surface area (Å²) < 4.78 is 13.5. The van der Waals surface area contributed by atoms with Crippen LogP contribution in [0.3, 0.4) is 0 Å². The lowest BCUT2D eigenvalue weighted by atomic mass is 9.92. The Bertz CT molecular complexity index is 2520. The van der Waals surface area contributed by atoms with Crippen LogP contribution in [0.5, 0.6) is 0 Å². The molecule has 7 aromatic carbocycles. The molecule has 0 atom stereocenters. The second-order valence-electron chi connectivity index (χ2n) is 11.6. The van der Waals surface area contributed by atoms with E-state index in [9.17, 15) is 0 Å². The fourth-order valence-corrected chi connectivity index (χ4v) is 6.79. The molecule has 0 spiro atoms. The van der Waals surface area contributed by atoms with E-state index in [0.29, 0.717) is 0 Å². The van der Waals surface area contributed by atoms with E-state index in [4.69, 9.17) is 8.83 Å². The molecule has 2 heterocycles. The second-order valence-corrected chi connectivity index (χ2v) is 11.6. The lowest BCUT2D eigenvalue weighted by Crippen LogP contribution is -1.88. The molecule has 0 N–H and O–H groups in total. The Morgan fingerprint density at radius 1 is 0.283 bits per heavy atom. The molecule has 0 amide bonds. The molecule has 0 radical (unpaired) electrons. The van der Waals surface area contributed by atoms with Crippen molar-refractivity contribution in [2.24, 2.45) is 0 Å². The first-order valence-electron chi connectivity index (χ1n) is 15.6. The number of hydrogen-bond donors (Lipinski definition) is 0. The van der Waals surface area contributed by atoms with E-state index in [2.05, 4.69) is 158 Å². The standard InChI is InChI=1S/C44H28O2/c1-3-14-29(15-4-1)32-18-7-8-20-36(32)43-38-21-9-10-22-39(38)44(46-43)40-28-31(26-27-33(40)30-16-5-2-6-17-30)34-23-13-24-37-35-19-11-12-25-41(35)45-42(34)37/h1-28H. The van der Waals surface area contributed by atoms with Crippen LogP contribution in [-0.2, 0) is 0 Å². The number of benzene rings is 7. The zero-order valence-corrected chi connectivity index (χ0v) is 25.0. The highest BCUT2D eigenvalue weighted by atomic mass is 16.3. The minimum absolute atomic E-state index is 0.853. The van der Waals surface area contributed by atoms with Crippen LogP contribution in [0.1, 0.15) is 0 Å². The highest BCUT2D eigenvalue weighted by Gasteiger charge is 2.22. The van der Waals surface area contributed by atoms with Gasteiger partial charge in [0, 0.05) is 38.2 Å². The molecule has 2 aromatic heterocycles. The summed E-state index contributed by atoms with van der Waals surface area (Å²) in [5.74, 6) is 1.72. The van der Waals surface area contributed by atoms with E-state index < -0.39 is 0 Å². The van der Waals surface area contributed by atoms with Crippen molar-refractivity contribution in [3.05, 3.63) is 170 Å². The zero-order chi connectivity index (χ0) is 30.5. The first-order valence-corrected chi connectivity index (χ1v) is 15.6. The SMILES string of the molecule is c1ccc(-c2ccccc2-c2oc(-c3cc(-c4cccc5c4oc4ccccc45)ccc3-c3ccccc3)c3ccccc23)cc1. The average Bonchev–Trinajstić information content (AvgIpc) is 3.71. The minimum Gasteiger partial charge on any atom is -0.455 e. The molecular weight excluding hydrogens is 560 g/mol. The highest BCUT2D eigenvalue weighted by Crippen LogP contribution is 2.46. The third-order valence-corrected chi connectivity index (χ3v) is 8.94. The van der Waals surface area contributed by atoms with Gasteiger partial charge in [-0.15, -0.1) is 0 Å². The number of furan rings is 2. The summed E-state index contributed by atoms with van der Waals surface area (Å²) in [6.45, 7) is 0. The Morgan fingerprint density at radius 3 is 1.52 bits per heavy atom. The van der Waals surface area contributed by atoms with E-state index in [1.807, 2.05) is 12.1 Å². The summed E-state index contributed by atoms with van der Waals surface area (Å²) in [4.78, 5) is 0. The molecular formula is C44H28O2. The van der Waals surface area contributed by atoms with Gasteiger partial charge in [-0.3, -0.25) is 0 Å². The van der Waals surface area contributed by atoms with Gasteiger partial charge in [0.25, 0.3) is 0 Å². The Kier molecular flexibility index (Phi) is 6.17. The molecule has 0 fully saturated rings. The van der Waals surface area contributed by atoms with Crippen LogP contribution in [0, 0.1) is 0 Å². The molecule has 0 aliphatic rings. The fourth-order valence-electron chi connectivity index (χ4n) is 6.79. The first kappa shape index (κ1) is 26.3. The largest absolute Gasteiger partial charge is 0.455 e. The van der Waals surface area contributed by atoms with Gasteiger partial charge in [-0.1, -0.05) is 158 Å². The molecule has 2 heteroatoms. The lowest BCUT2D eigenvalue weighted by molar-refractivity contribution is 0.602. The Labute approximate surface area is 266 Å². The molecule has 9 aromatic rings. The third kappa shape index (κ3) is 4.27. The summed E-state index contributed by atoms with van der Waals surface area (Å²) in [5, 5.41) is 4.41. The normalized spacial score (nSPS) is 11.5. The van der Waals surface area contributed by atoms with Gasteiger partial charge in [-0.05, 0) is 39.9 Å². The molecule has 0 aliphatic heterocycles. The van der Waals surface area contributed by atoms with Crippen molar-refractivity contribution in [1.29, 1.82) is 0 Å². The van der Waals surface area contributed by atoms with Gasteiger partial charge in [0.15, 0.2) is 0 Å². The fraction of sp³-hybridized carbons (Fsp3) is 0. The van der Waals surface area contributed by atoms with Gasteiger partial charge in [0.2, 0.25) is 0 Å². The summed E-state index contributed by atoms with van der Waals surface area (Å²) in [6, 6.07) is 59.4. The van der Waals surface area contributed by atoms with E-state index in [-0.39, 0.29) is 0 Å². The molecule has 2 nitrogen and oxygen atoms in total. The van der Waals surface area contributed by atoms with Crippen LogP contribution in [-0.4, -0.2) is 0 Å². The molecule has 0 aliphatic carbocycles. The predicted octanol–water partition coefficient (Wildman–Crippen LogP) is 12.7. The van der Waals surface area contributed by atoms with Gasteiger partial charge in [-0.25, -0.2) is 0 Å². The van der Waals surface area contributed by atoms with Crippen LogP contribution in [0.25, 0.3) is 88.7 Å². The van der Waals surface area contributed by atoms with Crippen LogP contribution in [0.4, 0.5) is 0 Å². The van der Waals surface area contributed by atoms with Crippen LogP contribution < -0.4 is 0 Å². The Balaban J connectivity index is 1.31. The second kappa shape index (κ2) is 10.8. The smallest absolute Gasteiger partial charge is 0.143 e. The monoisotopic (exact) mass is 588 g/mol. The summed E-state index contributed by atoms with van der Waals surface area (Å²) in [6.07, 6.45) is 0. The molecule has 9 rings (SSSR count).